The van der Waals surface area contributed by atoms with Crippen LogP contribution in [0.3, 0.4) is 0 Å². The number of likely N-dealkylation sites (tertiary alicyclic amines) is 1. The molecule has 1 saturated carbocycles. The average Bonchev–Trinajstić information content (AvgIpc) is 3.19. The topological polar surface area (TPSA) is 58.1 Å². The van der Waals surface area contributed by atoms with Gasteiger partial charge in [0.05, 0.1) is 10.9 Å². The highest BCUT2D eigenvalue weighted by Gasteiger charge is 2.38. The van der Waals surface area contributed by atoms with Crippen molar-refractivity contribution < 1.29 is 4.79 Å². The van der Waals surface area contributed by atoms with E-state index in [1.54, 1.807) is 24.3 Å². The largest absolute Gasteiger partial charge is 0.338 e. The van der Waals surface area contributed by atoms with Crippen molar-refractivity contribution in [3.63, 3.8) is 0 Å². The molecule has 0 radical (unpaired) electrons. The van der Waals surface area contributed by atoms with E-state index in [0.29, 0.717) is 39.6 Å². The van der Waals surface area contributed by atoms with Gasteiger partial charge >= 0.3 is 0 Å². The van der Waals surface area contributed by atoms with Crippen LogP contribution in [0.5, 0.6) is 0 Å². The van der Waals surface area contributed by atoms with Gasteiger partial charge in [-0.3, -0.25) is 14.2 Å². The number of carbonyl (C=O) groups is 1. The van der Waals surface area contributed by atoms with Gasteiger partial charge in [0.2, 0.25) is 0 Å². The van der Waals surface area contributed by atoms with Gasteiger partial charge in [-0.1, -0.05) is 12.5 Å². The number of nitrogens with one attached hydrogen (secondary N) is 1. The normalized spacial score (nSPS) is 22.3. The van der Waals surface area contributed by atoms with Gasteiger partial charge in [0.25, 0.3) is 11.5 Å². The number of nitrogens with zero attached hydrogens (tertiary/aromatic N) is 2. The number of hydrogen-bond acceptors (Lipinski definition) is 3. The van der Waals surface area contributed by atoms with E-state index in [4.69, 9.17) is 12.2 Å². The van der Waals surface area contributed by atoms with E-state index in [1.165, 1.54) is 23.8 Å². The van der Waals surface area contributed by atoms with Crippen molar-refractivity contribution in [3.8, 4) is 0 Å². The van der Waals surface area contributed by atoms with Gasteiger partial charge < -0.3 is 9.88 Å². The third kappa shape index (κ3) is 2.74. The Hall–Kier alpha value is -2.21. The van der Waals surface area contributed by atoms with Crippen LogP contribution in [-0.2, 0) is 6.54 Å². The molecule has 2 fully saturated rings. The fourth-order valence-electron chi connectivity index (χ4n) is 4.27. The molecule has 1 aliphatic carbocycles. The number of aromatic nitrogens is 2. The van der Waals surface area contributed by atoms with Crippen molar-refractivity contribution in [2.75, 3.05) is 13.1 Å². The van der Waals surface area contributed by atoms with Gasteiger partial charge in [-0.05, 0) is 55.1 Å². The van der Waals surface area contributed by atoms with Gasteiger partial charge in [0.1, 0.15) is 0 Å². The third-order valence-electron chi connectivity index (χ3n) is 5.55. The SMILES string of the molecule is C=CCn1c(=S)[nH]c2cc(C(=O)N3C[C@@H]4CCC[C@H]4C3)ccc2c1=O. The molecule has 2 aromatic rings. The summed E-state index contributed by atoms with van der Waals surface area (Å²) in [5, 5.41) is 0.533. The minimum absolute atomic E-state index is 0.0471. The molecular formula is C19H21N3O2S. The van der Waals surface area contributed by atoms with E-state index in [2.05, 4.69) is 11.6 Å². The van der Waals surface area contributed by atoms with Crippen LogP contribution < -0.4 is 5.56 Å². The van der Waals surface area contributed by atoms with Gasteiger partial charge in [0.15, 0.2) is 4.77 Å². The monoisotopic (exact) mass is 355 g/mol. The van der Waals surface area contributed by atoms with E-state index in [0.717, 1.165) is 13.1 Å². The first kappa shape index (κ1) is 16.3. The Balaban J connectivity index is 1.68. The quantitative estimate of drug-likeness (QED) is 0.680. The molecule has 0 unspecified atom stereocenters. The van der Waals surface area contributed by atoms with Crippen LogP contribution in [0.15, 0.2) is 35.6 Å². The molecule has 5 nitrogen and oxygen atoms in total. The number of aromatic amines is 1. The van der Waals surface area contributed by atoms with E-state index in [-0.39, 0.29) is 11.5 Å². The summed E-state index contributed by atoms with van der Waals surface area (Å²) < 4.78 is 1.81. The number of amides is 1. The van der Waals surface area contributed by atoms with Crippen molar-refractivity contribution in [3.05, 3.63) is 51.5 Å². The lowest BCUT2D eigenvalue weighted by atomic mass is 10.0. The molecule has 4 rings (SSSR count). The van der Waals surface area contributed by atoms with Crippen LogP contribution in [0.25, 0.3) is 10.9 Å². The van der Waals surface area contributed by atoms with Gasteiger partial charge in [-0.25, -0.2) is 0 Å². The van der Waals surface area contributed by atoms with Gasteiger partial charge in [0, 0.05) is 25.2 Å². The number of fused-ring (bicyclic) bond motifs is 2. The summed E-state index contributed by atoms with van der Waals surface area (Å²) in [6.07, 6.45) is 5.41. The molecule has 1 aromatic heterocycles. The van der Waals surface area contributed by atoms with Crippen molar-refractivity contribution in [2.24, 2.45) is 11.8 Å². The summed E-state index contributed by atoms with van der Waals surface area (Å²) in [4.78, 5) is 30.4. The summed E-state index contributed by atoms with van der Waals surface area (Å²) >= 11 is 5.27. The van der Waals surface area contributed by atoms with Crippen LogP contribution in [0, 0.1) is 16.6 Å². The second-order valence-electron chi connectivity index (χ2n) is 7.06. The Morgan fingerprint density at radius 1 is 1.32 bits per heavy atom. The molecule has 1 saturated heterocycles. The van der Waals surface area contributed by atoms with Crippen LogP contribution in [0.2, 0.25) is 0 Å². The minimum atomic E-state index is -0.159. The standard InChI is InChI=1S/C19H21N3O2S/c1-2-8-22-18(24)15-7-6-12(9-16(15)20-19(22)25)17(23)21-10-13-4-3-5-14(13)11-21/h2,6-7,9,13-14H,1,3-5,8,10-11H2,(H,20,25)/t13-,14-/m0/s1. The van der Waals surface area contributed by atoms with Crippen molar-refractivity contribution in [1.29, 1.82) is 0 Å². The first-order valence-corrected chi connectivity index (χ1v) is 9.16. The number of rotatable bonds is 3. The first-order chi connectivity index (χ1) is 12.1. The van der Waals surface area contributed by atoms with E-state index >= 15 is 0 Å². The lowest BCUT2D eigenvalue weighted by Crippen LogP contribution is -2.29. The molecule has 1 aromatic carbocycles. The Morgan fingerprint density at radius 3 is 2.72 bits per heavy atom. The molecule has 2 atom stereocenters. The zero-order valence-electron chi connectivity index (χ0n) is 14.0. The Labute approximate surface area is 151 Å². The Bertz CT molecular complexity index is 963. The summed E-state index contributed by atoms with van der Waals surface area (Å²) in [5.41, 5.74) is 1.06. The Morgan fingerprint density at radius 2 is 2.04 bits per heavy atom. The minimum Gasteiger partial charge on any atom is -0.338 e. The van der Waals surface area contributed by atoms with Crippen LogP contribution >= 0.6 is 12.2 Å². The van der Waals surface area contributed by atoms with Gasteiger partial charge in [-0.2, -0.15) is 0 Å². The number of hydrogen-bond donors (Lipinski definition) is 1. The smallest absolute Gasteiger partial charge is 0.262 e. The molecule has 6 heteroatoms. The first-order valence-electron chi connectivity index (χ1n) is 8.75. The maximum atomic E-state index is 12.9. The second kappa shape index (κ2) is 6.26. The molecule has 2 aliphatic rings. The molecule has 2 heterocycles. The number of allylic oxidation sites excluding steroid dienone is 1. The molecule has 0 bridgehead atoms. The van der Waals surface area contributed by atoms with Gasteiger partial charge in [-0.15, -0.1) is 6.58 Å². The van der Waals surface area contributed by atoms with Crippen LogP contribution in [0.4, 0.5) is 0 Å². The average molecular weight is 355 g/mol. The van der Waals surface area contributed by atoms with Crippen LogP contribution in [0.1, 0.15) is 29.6 Å². The highest BCUT2D eigenvalue weighted by molar-refractivity contribution is 7.71. The fourth-order valence-corrected chi connectivity index (χ4v) is 4.53. The molecule has 0 spiro atoms. The zero-order chi connectivity index (χ0) is 17.6. The van der Waals surface area contributed by atoms with E-state index in [9.17, 15) is 9.59 Å². The molecular weight excluding hydrogens is 334 g/mol. The maximum absolute atomic E-state index is 12.9. The highest BCUT2D eigenvalue weighted by Crippen LogP contribution is 2.38. The molecule has 1 amide bonds. The highest BCUT2D eigenvalue weighted by atomic mass is 32.1. The predicted octanol–water partition coefficient (Wildman–Crippen LogP) is 3.12. The lowest BCUT2D eigenvalue weighted by Gasteiger charge is -2.17. The molecule has 130 valence electrons. The Kier molecular flexibility index (Phi) is 4.07. The number of benzene rings is 1. The second-order valence-corrected chi connectivity index (χ2v) is 7.44. The molecule has 1 aliphatic heterocycles. The van der Waals surface area contributed by atoms with E-state index in [1.807, 2.05) is 4.90 Å². The summed E-state index contributed by atoms with van der Waals surface area (Å²) in [7, 11) is 0. The van der Waals surface area contributed by atoms with E-state index < -0.39 is 0 Å². The number of H-pyrrole nitrogens is 1. The van der Waals surface area contributed by atoms with Crippen molar-refractivity contribution in [1.82, 2.24) is 14.5 Å². The fraction of sp³-hybridized carbons (Fsp3) is 0.421. The van der Waals surface area contributed by atoms with Crippen molar-refractivity contribution >= 4 is 29.0 Å². The summed E-state index contributed by atoms with van der Waals surface area (Å²) in [5.74, 6) is 1.38. The predicted molar refractivity (Wildman–Crippen MR) is 100 cm³/mol. The summed E-state index contributed by atoms with van der Waals surface area (Å²) in [6.45, 7) is 5.74. The van der Waals surface area contributed by atoms with Crippen LogP contribution in [-0.4, -0.2) is 33.4 Å². The zero-order valence-corrected chi connectivity index (χ0v) is 14.8. The molecule has 25 heavy (non-hydrogen) atoms. The summed E-state index contributed by atoms with van der Waals surface area (Å²) in [6, 6.07) is 5.21. The van der Waals surface area contributed by atoms with Crippen molar-refractivity contribution in [2.45, 2.75) is 25.8 Å². The lowest BCUT2D eigenvalue weighted by molar-refractivity contribution is 0.0781. The third-order valence-corrected chi connectivity index (χ3v) is 5.88. The molecule has 1 N–H and O–H groups in total. The number of carbonyl (C=O) groups excluding carboxylic acids is 1. The maximum Gasteiger partial charge on any atom is 0.262 e.